The molecule has 0 aliphatic heterocycles. The first kappa shape index (κ1) is 20.3. The smallest absolute Gasteiger partial charge is 0.0323 e. The van der Waals surface area contributed by atoms with Crippen LogP contribution in [-0.4, -0.2) is 0 Å². The molecule has 2 unspecified atom stereocenters. The van der Waals surface area contributed by atoms with Gasteiger partial charge in [-0.1, -0.05) is 117 Å². The Morgan fingerprint density at radius 1 is 0.458 bits per heavy atom. The zero-order valence-electron chi connectivity index (χ0n) is 17.1. The molecule has 0 bridgehead atoms. The van der Waals surface area contributed by atoms with Crippen LogP contribution in [0.25, 0.3) is 0 Å². The SMILES string of the molecule is CC1(C)CCC2CCCCCCCCCCCCCCCCCC21. The van der Waals surface area contributed by atoms with Crippen LogP contribution in [0.15, 0.2) is 0 Å². The van der Waals surface area contributed by atoms with Gasteiger partial charge < -0.3 is 0 Å². The molecule has 0 radical (unpaired) electrons. The van der Waals surface area contributed by atoms with E-state index in [1.165, 1.54) is 122 Å². The topological polar surface area (TPSA) is 0 Å². The number of fused-ring (bicyclic) bond motifs is 1. The number of rotatable bonds is 0. The van der Waals surface area contributed by atoms with Crippen molar-refractivity contribution in [1.82, 2.24) is 0 Å². The number of hydrogen-bond donors (Lipinski definition) is 0. The summed E-state index contributed by atoms with van der Waals surface area (Å²) in [6.45, 7) is 5.13. The molecule has 2 aliphatic carbocycles. The van der Waals surface area contributed by atoms with Crippen molar-refractivity contribution < 1.29 is 0 Å². The van der Waals surface area contributed by atoms with Gasteiger partial charge in [-0.05, 0) is 36.5 Å². The molecule has 24 heavy (non-hydrogen) atoms. The largest absolute Gasteiger partial charge is 0.0596 e. The average Bonchev–Trinajstić information content (AvgIpc) is 2.84. The minimum atomic E-state index is 0.628. The van der Waals surface area contributed by atoms with E-state index in [0.717, 1.165) is 11.8 Å². The molecule has 0 heteroatoms. The maximum atomic E-state index is 2.56. The Morgan fingerprint density at radius 2 is 0.833 bits per heavy atom. The third-order valence-electron chi connectivity index (χ3n) is 7.32. The summed E-state index contributed by atoms with van der Waals surface area (Å²) >= 11 is 0. The highest BCUT2D eigenvalue weighted by Crippen LogP contribution is 2.50. The quantitative estimate of drug-likeness (QED) is 0.415. The van der Waals surface area contributed by atoms with E-state index < -0.39 is 0 Å². The van der Waals surface area contributed by atoms with Gasteiger partial charge in [-0.3, -0.25) is 0 Å². The molecule has 142 valence electrons. The summed E-state index contributed by atoms with van der Waals surface area (Å²) in [5, 5.41) is 0. The van der Waals surface area contributed by atoms with Crippen molar-refractivity contribution in [3.63, 3.8) is 0 Å². The van der Waals surface area contributed by atoms with Crippen LogP contribution in [0.4, 0.5) is 0 Å². The molecular weight excluding hydrogens is 288 g/mol. The van der Waals surface area contributed by atoms with Crippen molar-refractivity contribution in [2.24, 2.45) is 17.3 Å². The predicted octanol–water partition coefficient (Wildman–Crippen LogP) is 8.68. The molecule has 2 rings (SSSR count). The first-order valence-electron chi connectivity index (χ1n) is 11.7. The summed E-state index contributed by atoms with van der Waals surface area (Å²) in [5.41, 5.74) is 0.628. The van der Waals surface area contributed by atoms with Gasteiger partial charge in [0.1, 0.15) is 0 Å². The summed E-state index contributed by atoms with van der Waals surface area (Å²) in [5.74, 6) is 2.08. The summed E-state index contributed by atoms with van der Waals surface area (Å²) in [7, 11) is 0. The van der Waals surface area contributed by atoms with Gasteiger partial charge in [-0.15, -0.1) is 0 Å². The van der Waals surface area contributed by atoms with Gasteiger partial charge in [0.2, 0.25) is 0 Å². The van der Waals surface area contributed by atoms with Crippen molar-refractivity contribution in [2.75, 3.05) is 0 Å². The average molecular weight is 335 g/mol. The Hall–Kier alpha value is 0. The fourth-order valence-corrected chi connectivity index (χ4v) is 5.62. The lowest BCUT2D eigenvalue weighted by atomic mass is 9.74. The molecule has 0 N–H and O–H groups in total. The second kappa shape index (κ2) is 11.6. The van der Waals surface area contributed by atoms with Crippen molar-refractivity contribution in [3.05, 3.63) is 0 Å². The summed E-state index contributed by atoms with van der Waals surface area (Å²) in [4.78, 5) is 0. The molecule has 0 amide bonds. The van der Waals surface area contributed by atoms with Gasteiger partial charge in [0.25, 0.3) is 0 Å². The zero-order chi connectivity index (χ0) is 17.1. The first-order chi connectivity index (χ1) is 11.7. The molecule has 0 saturated heterocycles. The molecule has 2 atom stereocenters. The van der Waals surface area contributed by atoms with Crippen molar-refractivity contribution in [1.29, 1.82) is 0 Å². The highest BCUT2D eigenvalue weighted by atomic mass is 14.5. The van der Waals surface area contributed by atoms with Gasteiger partial charge in [-0.25, -0.2) is 0 Å². The summed E-state index contributed by atoms with van der Waals surface area (Å²) in [6, 6.07) is 0. The Balaban J connectivity index is 1.75. The van der Waals surface area contributed by atoms with Crippen LogP contribution in [0.1, 0.15) is 136 Å². The maximum Gasteiger partial charge on any atom is -0.0323 e. The van der Waals surface area contributed by atoms with Crippen LogP contribution in [0.3, 0.4) is 0 Å². The third-order valence-corrected chi connectivity index (χ3v) is 7.32. The molecule has 0 aromatic carbocycles. The van der Waals surface area contributed by atoms with E-state index >= 15 is 0 Å². The van der Waals surface area contributed by atoms with E-state index in [-0.39, 0.29) is 0 Å². The Bertz CT molecular complexity index is 303. The van der Waals surface area contributed by atoms with E-state index in [4.69, 9.17) is 0 Å². The minimum Gasteiger partial charge on any atom is -0.0596 e. The molecule has 0 nitrogen and oxygen atoms in total. The van der Waals surface area contributed by atoms with Crippen molar-refractivity contribution in [2.45, 2.75) is 136 Å². The van der Waals surface area contributed by atoms with Gasteiger partial charge in [0.05, 0.1) is 0 Å². The highest BCUT2D eigenvalue weighted by molar-refractivity contribution is 4.90. The molecule has 0 heterocycles. The Labute approximate surface area is 153 Å². The molecule has 2 aliphatic rings. The van der Waals surface area contributed by atoms with Crippen LogP contribution in [0, 0.1) is 17.3 Å². The van der Waals surface area contributed by atoms with E-state index in [0.29, 0.717) is 5.41 Å². The van der Waals surface area contributed by atoms with Crippen LogP contribution in [0.2, 0.25) is 0 Å². The number of hydrogen-bond acceptors (Lipinski definition) is 0. The molecule has 2 fully saturated rings. The fourth-order valence-electron chi connectivity index (χ4n) is 5.62. The van der Waals surface area contributed by atoms with Crippen molar-refractivity contribution >= 4 is 0 Å². The first-order valence-corrected chi connectivity index (χ1v) is 11.7. The normalized spacial score (nSPS) is 32.2. The summed E-state index contributed by atoms with van der Waals surface area (Å²) in [6.07, 6.45) is 28.6. The third kappa shape index (κ3) is 7.49. The standard InChI is InChI=1S/C24H46/c1-24(2)21-20-22-18-16-14-12-10-8-6-4-3-5-7-9-11-13-15-17-19-23(22)24/h22-23H,3-21H2,1-2H3. The fraction of sp³-hybridized carbons (Fsp3) is 1.00. The Kier molecular flexibility index (Phi) is 9.80. The lowest BCUT2D eigenvalue weighted by Crippen LogP contribution is -2.22. The van der Waals surface area contributed by atoms with Crippen LogP contribution >= 0.6 is 0 Å². The lowest BCUT2D eigenvalue weighted by Gasteiger charge is -2.31. The van der Waals surface area contributed by atoms with Gasteiger partial charge in [0, 0.05) is 0 Å². The van der Waals surface area contributed by atoms with E-state index in [1.54, 1.807) is 0 Å². The van der Waals surface area contributed by atoms with Crippen LogP contribution in [-0.2, 0) is 0 Å². The second-order valence-electron chi connectivity index (χ2n) is 9.77. The Morgan fingerprint density at radius 3 is 1.29 bits per heavy atom. The van der Waals surface area contributed by atoms with E-state index in [1.807, 2.05) is 0 Å². The molecule has 2 saturated carbocycles. The van der Waals surface area contributed by atoms with E-state index in [9.17, 15) is 0 Å². The van der Waals surface area contributed by atoms with Crippen molar-refractivity contribution in [3.8, 4) is 0 Å². The van der Waals surface area contributed by atoms with Gasteiger partial charge in [0.15, 0.2) is 0 Å². The predicted molar refractivity (Wildman–Crippen MR) is 108 cm³/mol. The lowest BCUT2D eigenvalue weighted by molar-refractivity contribution is 0.189. The monoisotopic (exact) mass is 334 g/mol. The minimum absolute atomic E-state index is 0.628. The summed E-state index contributed by atoms with van der Waals surface area (Å²) < 4.78 is 0. The van der Waals surface area contributed by atoms with Crippen LogP contribution < -0.4 is 0 Å². The highest BCUT2D eigenvalue weighted by Gasteiger charge is 2.40. The second-order valence-corrected chi connectivity index (χ2v) is 9.77. The zero-order valence-corrected chi connectivity index (χ0v) is 17.1. The van der Waals surface area contributed by atoms with Gasteiger partial charge >= 0.3 is 0 Å². The molecule has 0 aromatic rings. The molecular formula is C24H46. The van der Waals surface area contributed by atoms with Crippen LogP contribution in [0.5, 0.6) is 0 Å². The molecule has 0 spiro atoms. The maximum absolute atomic E-state index is 2.56. The van der Waals surface area contributed by atoms with E-state index in [2.05, 4.69) is 13.8 Å². The van der Waals surface area contributed by atoms with Gasteiger partial charge in [-0.2, -0.15) is 0 Å². The molecule has 0 aromatic heterocycles.